The Balaban J connectivity index is 1.38. The number of benzene rings is 3. The van der Waals surface area contributed by atoms with Gasteiger partial charge in [0.1, 0.15) is 11.4 Å². The number of nitrogens with zero attached hydrogens (tertiary/aromatic N) is 2. The molecule has 0 spiro atoms. The van der Waals surface area contributed by atoms with Crippen molar-refractivity contribution in [3.63, 3.8) is 0 Å². The third-order valence-electron chi connectivity index (χ3n) is 7.64. The summed E-state index contributed by atoms with van der Waals surface area (Å²) in [5, 5.41) is 26.1. The van der Waals surface area contributed by atoms with E-state index in [0.29, 0.717) is 28.3 Å². The van der Waals surface area contributed by atoms with E-state index in [9.17, 15) is 19.8 Å². The summed E-state index contributed by atoms with van der Waals surface area (Å²) in [6.07, 6.45) is -0.626. The molecule has 2 heterocycles. The first-order valence-corrected chi connectivity index (χ1v) is 14.8. The van der Waals surface area contributed by atoms with Crippen molar-refractivity contribution in [2.75, 3.05) is 55.4 Å². The third kappa shape index (κ3) is 8.04. The molecule has 3 atom stereocenters. The summed E-state index contributed by atoms with van der Waals surface area (Å²) in [6.45, 7) is 3.64. The van der Waals surface area contributed by atoms with Crippen LogP contribution in [0.1, 0.15) is 40.0 Å². The molecule has 11 heteroatoms. The van der Waals surface area contributed by atoms with Crippen molar-refractivity contribution in [3.05, 3.63) is 82.9 Å². The van der Waals surface area contributed by atoms with E-state index >= 15 is 0 Å². The number of hydrogen-bond donors (Lipinski definition) is 4. The van der Waals surface area contributed by atoms with E-state index in [4.69, 9.17) is 21.1 Å². The van der Waals surface area contributed by atoms with Crippen molar-refractivity contribution in [2.24, 2.45) is 0 Å². The van der Waals surface area contributed by atoms with Gasteiger partial charge in [0.15, 0.2) is 0 Å². The molecule has 228 valence electrons. The number of carbonyl (C=O) groups is 2. The largest absolute Gasteiger partial charge is 0.463 e. The summed E-state index contributed by atoms with van der Waals surface area (Å²) in [4.78, 5) is 31.2. The molecule has 2 fully saturated rings. The molecule has 43 heavy (non-hydrogen) atoms. The molecule has 0 bridgehead atoms. The number of rotatable bonds is 8. The summed E-state index contributed by atoms with van der Waals surface area (Å²) in [5.41, 5.74) is 2.42. The van der Waals surface area contributed by atoms with Crippen LogP contribution in [0, 0.1) is 0 Å². The SMILES string of the molecule is CN1CCCN(c2ccc(C(=O)Nc3c(NC(=O)c4ccc(Cl)cc4)cccc3OC3C[C@@H](O)C[C@@H](CO)O3)cc2)CC1. The number of halogens is 1. The topological polar surface area (TPSA) is 124 Å². The number of ether oxygens (including phenoxy) is 2. The first-order chi connectivity index (χ1) is 20.8. The molecule has 2 saturated heterocycles. The Morgan fingerprint density at radius 2 is 1.63 bits per heavy atom. The molecule has 3 aromatic carbocycles. The summed E-state index contributed by atoms with van der Waals surface area (Å²) in [7, 11) is 2.12. The minimum absolute atomic E-state index is 0.180. The normalized spacial score (nSPS) is 21.1. The number of carbonyl (C=O) groups excluding carboxylic acids is 2. The molecule has 4 N–H and O–H groups in total. The lowest BCUT2D eigenvalue weighted by Gasteiger charge is -2.32. The number of para-hydroxylation sites is 1. The fraction of sp³-hybridized carbons (Fsp3) is 0.375. The van der Waals surface area contributed by atoms with Crippen LogP contribution in [-0.2, 0) is 4.74 Å². The Kier molecular flexibility index (Phi) is 10.2. The molecule has 0 saturated carbocycles. The molecule has 0 aromatic heterocycles. The van der Waals surface area contributed by atoms with E-state index in [0.717, 1.165) is 38.3 Å². The van der Waals surface area contributed by atoms with Crippen LogP contribution in [0.15, 0.2) is 66.7 Å². The van der Waals surface area contributed by atoms with Crippen LogP contribution in [0.3, 0.4) is 0 Å². The molecule has 0 radical (unpaired) electrons. The van der Waals surface area contributed by atoms with Crippen LogP contribution < -0.4 is 20.3 Å². The second-order valence-corrected chi connectivity index (χ2v) is 11.3. The van der Waals surface area contributed by atoms with Crippen molar-refractivity contribution in [1.29, 1.82) is 0 Å². The Hall–Kier alpha value is -3.67. The Labute approximate surface area is 256 Å². The number of hydrogen-bond acceptors (Lipinski definition) is 8. The maximum atomic E-state index is 13.5. The third-order valence-corrected chi connectivity index (χ3v) is 7.89. The van der Waals surface area contributed by atoms with Crippen LogP contribution >= 0.6 is 11.6 Å². The maximum Gasteiger partial charge on any atom is 0.255 e. The average Bonchev–Trinajstić information content (AvgIpc) is 3.23. The van der Waals surface area contributed by atoms with Gasteiger partial charge in [0.25, 0.3) is 11.8 Å². The lowest BCUT2D eigenvalue weighted by molar-refractivity contribution is -0.184. The average molecular weight is 609 g/mol. The number of amides is 2. The quantitative estimate of drug-likeness (QED) is 0.300. The van der Waals surface area contributed by atoms with E-state index in [1.807, 2.05) is 12.1 Å². The number of aliphatic hydroxyl groups is 2. The van der Waals surface area contributed by atoms with Gasteiger partial charge in [-0.15, -0.1) is 0 Å². The number of anilines is 3. The number of aliphatic hydroxyl groups excluding tert-OH is 2. The summed E-state index contributed by atoms with van der Waals surface area (Å²) >= 11 is 5.98. The van der Waals surface area contributed by atoms with E-state index in [2.05, 4.69) is 27.5 Å². The summed E-state index contributed by atoms with van der Waals surface area (Å²) in [5.74, 6) is -0.553. The Morgan fingerprint density at radius 3 is 2.35 bits per heavy atom. The van der Waals surface area contributed by atoms with Crippen LogP contribution in [0.25, 0.3) is 0 Å². The lowest BCUT2D eigenvalue weighted by Crippen LogP contribution is -2.40. The van der Waals surface area contributed by atoms with Gasteiger partial charge in [-0.1, -0.05) is 17.7 Å². The molecular weight excluding hydrogens is 572 g/mol. The number of nitrogens with one attached hydrogen (secondary N) is 2. The smallest absolute Gasteiger partial charge is 0.255 e. The second-order valence-electron chi connectivity index (χ2n) is 10.9. The predicted octanol–water partition coefficient (Wildman–Crippen LogP) is 4.22. The predicted molar refractivity (Wildman–Crippen MR) is 166 cm³/mol. The molecule has 2 aliphatic rings. The molecule has 3 aromatic rings. The van der Waals surface area contributed by atoms with E-state index < -0.39 is 30.3 Å². The van der Waals surface area contributed by atoms with E-state index in [1.165, 1.54) is 0 Å². The highest BCUT2D eigenvalue weighted by molar-refractivity contribution is 6.30. The van der Waals surface area contributed by atoms with Gasteiger partial charge in [-0.3, -0.25) is 9.59 Å². The molecule has 5 rings (SSSR count). The van der Waals surface area contributed by atoms with Crippen molar-refractivity contribution in [2.45, 2.75) is 37.8 Å². The van der Waals surface area contributed by atoms with Gasteiger partial charge >= 0.3 is 0 Å². The molecule has 2 amide bonds. The zero-order valence-electron chi connectivity index (χ0n) is 24.0. The molecule has 2 aliphatic heterocycles. The zero-order valence-corrected chi connectivity index (χ0v) is 24.8. The monoisotopic (exact) mass is 608 g/mol. The molecule has 1 unspecified atom stereocenters. The Morgan fingerprint density at radius 1 is 0.930 bits per heavy atom. The van der Waals surface area contributed by atoms with Gasteiger partial charge in [0.05, 0.1) is 24.5 Å². The molecule has 10 nitrogen and oxygen atoms in total. The van der Waals surface area contributed by atoms with Gasteiger partial charge in [0.2, 0.25) is 6.29 Å². The molecular formula is C32H37ClN4O6. The first-order valence-electron chi connectivity index (χ1n) is 14.4. The van der Waals surface area contributed by atoms with Gasteiger partial charge in [-0.05, 0) is 80.7 Å². The molecule has 0 aliphatic carbocycles. The standard InChI is InChI=1S/C32H37ClN4O6/c1-36-14-3-15-37(17-16-36)24-12-8-22(9-13-24)32(41)35-30-27(34-31(40)21-6-10-23(33)11-7-21)4-2-5-28(30)43-29-19-25(39)18-26(20-38)42-29/h2,4-13,25-26,29,38-39H,3,14-20H2,1H3,(H,34,40)(H,35,41)/t25-,26-,29?/m0/s1. The second kappa shape index (κ2) is 14.2. The number of likely N-dealkylation sites (N-methyl/N-ethyl adjacent to an activating group) is 1. The highest BCUT2D eigenvalue weighted by Gasteiger charge is 2.30. The van der Waals surface area contributed by atoms with Crippen LogP contribution in [0.2, 0.25) is 5.02 Å². The highest BCUT2D eigenvalue weighted by Crippen LogP contribution is 2.36. The Bertz CT molecular complexity index is 1400. The summed E-state index contributed by atoms with van der Waals surface area (Å²) in [6, 6.07) is 18.9. The van der Waals surface area contributed by atoms with Gasteiger partial charge in [-0.25, -0.2) is 0 Å². The van der Waals surface area contributed by atoms with Crippen molar-refractivity contribution < 1.29 is 29.3 Å². The van der Waals surface area contributed by atoms with Gasteiger partial charge in [-0.2, -0.15) is 0 Å². The maximum absolute atomic E-state index is 13.5. The highest BCUT2D eigenvalue weighted by atomic mass is 35.5. The van der Waals surface area contributed by atoms with E-state index in [1.54, 1.807) is 54.6 Å². The van der Waals surface area contributed by atoms with E-state index in [-0.39, 0.29) is 24.5 Å². The van der Waals surface area contributed by atoms with Crippen LogP contribution in [-0.4, -0.2) is 85.3 Å². The fourth-order valence-corrected chi connectivity index (χ4v) is 5.38. The van der Waals surface area contributed by atoms with Gasteiger partial charge in [0, 0.05) is 54.3 Å². The van der Waals surface area contributed by atoms with Crippen LogP contribution in [0.4, 0.5) is 17.1 Å². The van der Waals surface area contributed by atoms with Crippen molar-refractivity contribution in [1.82, 2.24) is 4.90 Å². The zero-order chi connectivity index (χ0) is 30.3. The first kappa shape index (κ1) is 30.8. The minimum Gasteiger partial charge on any atom is -0.463 e. The fourth-order valence-electron chi connectivity index (χ4n) is 5.25. The van der Waals surface area contributed by atoms with Crippen molar-refractivity contribution >= 4 is 40.5 Å². The van der Waals surface area contributed by atoms with Crippen LogP contribution in [0.5, 0.6) is 5.75 Å². The summed E-state index contributed by atoms with van der Waals surface area (Å²) < 4.78 is 11.9. The van der Waals surface area contributed by atoms with Gasteiger partial charge < -0.3 is 40.1 Å². The lowest BCUT2D eigenvalue weighted by atomic mass is 10.1. The van der Waals surface area contributed by atoms with Crippen molar-refractivity contribution in [3.8, 4) is 5.75 Å². The minimum atomic E-state index is -0.870.